The molecule has 0 aliphatic heterocycles. The van der Waals surface area contributed by atoms with E-state index >= 15 is 0 Å². The molecule has 0 radical (unpaired) electrons. The highest BCUT2D eigenvalue weighted by Gasteiger charge is 2.22. The molecule has 0 aliphatic rings. The summed E-state index contributed by atoms with van der Waals surface area (Å²) >= 11 is 1.25. The van der Waals surface area contributed by atoms with E-state index in [2.05, 4.69) is 21.6 Å². The zero-order chi connectivity index (χ0) is 24.4. The molecule has 8 nitrogen and oxygen atoms in total. The van der Waals surface area contributed by atoms with Gasteiger partial charge >= 0.3 is 0 Å². The largest absolute Gasteiger partial charge is 0.469 e. The van der Waals surface area contributed by atoms with Crippen LogP contribution in [0.2, 0.25) is 0 Å². The Hall–Kier alpha value is -3.84. The van der Waals surface area contributed by atoms with Crippen molar-refractivity contribution in [2.24, 2.45) is 0 Å². The topological polar surface area (TPSA) is 102 Å². The highest BCUT2D eigenvalue weighted by atomic mass is 32.2. The lowest BCUT2D eigenvalue weighted by Crippen LogP contribution is -2.18. The van der Waals surface area contributed by atoms with Gasteiger partial charge in [-0.2, -0.15) is 5.26 Å². The molecular weight excluding hydrogens is 455 g/mol. The van der Waals surface area contributed by atoms with Gasteiger partial charge in [0.1, 0.15) is 23.5 Å². The standard InChI is InChI=1S/C24H23FN6O2S/c1-5-30-23(19-9-10-33-16(19)4)28-29-24(30)34-13-21(32)27-22-20(12-26)14(2)15(3)31(22)18-8-6-7-17(25)11-18/h6-11H,5,13H2,1-4H3,(H,27,32). The van der Waals surface area contributed by atoms with Gasteiger partial charge in [-0.15, -0.1) is 10.2 Å². The Balaban J connectivity index is 1.58. The molecule has 1 amide bonds. The number of halogens is 1. The quantitative estimate of drug-likeness (QED) is 0.375. The number of nitrogens with zero attached hydrogens (tertiary/aromatic N) is 5. The van der Waals surface area contributed by atoms with Gasteiger partial charge in [0.05, 0.1) is 28.8 Å². The number of carbonyl (C=O) groups excluding carboxylic acids is 1. The van der Waals surface area contributed by atoms with E-state index < -0.39 is 5.82 Å². The van der Waals surface area contributed by atoms with Crippen molar-refractivity contribution in [2.75, 3.05) is 11.1 Å². The number of nitrogens with one attached hydrogen (secondary N) is 1. The molecule has 1 N–H and O–H groups in total. The minimum Gasteiger partial charge on any atom is -0.469 e. The summed E-state index contributed by atoms with van der Waals surface area (Å²) in [7, 11) is 0. The second-order valence-corrected chi connectivity index (χ2v) is 8.58. The molecule has 0 saturated carbocycles. The van der Waals surface area contributed by atoms with E-state index in [1.165, 1.54) is 23.9 Å². The van der Waals surface area contributed by atoms with Crippen molar-refractivity contribution in [3.05, 3.63) is 65.0 Å². The van der Waals surface area contributed by atoms with Crippen molar-refractivity contribution in [1.82, 2.24) is 19.3 Å². The summed E-state index contributed by atoms with van der Waals surface area (Å²) in [6.45, 7) is 8.08. The summed E-state index contributed by atoms with van der Waals surface area (Å²) in [6, 6.07) is 10.0. The van der Waals surface area contributed by atoms with Crippen LogP contribution >= 0.6 is 11.8 Å². The molecule has 4 rings (SSSR count). The van der Waals surface area contributed by atoms with Crippen LogP contribution < -0.4 is 5.32 Å². The van der Waals surface area contributed by atoms with Gasteiger partial charge in [0.15, 0.2) is 11.0 Å². The second-order valence-electron chi connectivity index (χ2n) is 7.64. The monoisotopic (exact) mass is 478 g/mol. The molecule has 0 saturated heterocycles. The summed E-state index contributed by atoms with van der Waals surface area (Å²) in [4.78, 5) is 12.9. The number of hydrogen-bond donors (Lipinski definition) is 1. The number of thioether (sulfide) groups is 1. The highest BCUT2D eigenvalue weighted by Crippen LogP contribution is 2.31. The Bertz CT molecular complexity index is 1410. The van der Waals surface area contributed by atoms with Crippen LogP contribution in [0.5, 0.6) is 0 Å². The van der Waals surface area contributed by atoms with Crippen molar-refractivity contribution in [1.29, 1.82) is 5.26 Å². The smallest absolute Gasteiger partial charge is 0.236 e. The number of aryl methyl sites for hydroxylation is 1. The first kappa shape index (κ1) is 23.3. The second kappa shape index (κ2) is 9.57. The number of aromatic nitrogens is 4. The molecule has 0 atom stereocenters. The Labute approximate surface area is 200 Å². The molecule has 0 spiro atoms. The highest BCUT2D eigenvalue weighted by molar-refractivity contribution is 7.99. The maximum absolute atomic E-state index is 13.9. The third-order valence-corrected chi connectivity index (χ3v) is 6.58. The molecule has 4 aromatic rings. The van der Waals surface area contributed by atoms with Gasteiger partial charge in [0.2, 0.25) is 5.91 Å². The molecule has 0 unspecified atom stereocenters. The van der Waals surface area contributed by atoms with Crippen molar-refractivity contribution < 1.29 is 13.6 Å². The van der Waals surface area contributed by atoms with E-state index in [1.807, 2.05) is 31.4 Å². The lowest BCUT2D eigenvalue weighted by Gasteiger charge is -2.13. The lowest BCUT2D eigenvalue weighted by molar-refractivity contribution is -0.113. The van der Waals surface area contributed by atoms with Crippen LogP contribution in [-0.4, -0.2) is 31.0 Å². The van der Waals surface area contributed by atoms with E-state index in [9.17, 15) is 14.4 Å². The molecule has 174 valence electrons. The third-order valence-electron chi connectivity index (χ3n) is 5.61. The lowest BCUT2D eigenvalue weighted by atomic mass is 10.2. The van der Waals surface area contributed by atoms with Crippen LogP contribution in [0.1, 0.15) is 29.5 Å². The van der Waals surface area contributed by atoms with Gasteiger partial charge in [-0.05, 0) is 57.5 Å². The van der Waals surface area contributed by atoms with Crippen LogP contribution in [0.3, 0.4) is 0 Å². The molecule has 1 aromatic carbocycles. The van der Waals surface area contributed by atoms with Crippen LogP contribution in [0.25, 0.3) is 17.1 Å². The van der Waals surface area contributed by atoms with Crippen LogP contribution in [0, 0.1) is 37.9 Å². The summed E-state index contributed by atoms with van der Waals surface area (Å²) in [5.74, 6) is 1.07. The first-order valence-corrected chi connectivity index (χ1v) is 11.6. The van der Waals surface area contributed by atoms with E-state index in [0.29, 0.717) is 34.6 Å². The molecule has 3 aromatic heterocycles. The van der Waals surface area contributed by atoms with E-state index in [1.54, 1.807) is 29.9 Å². The molecule has 0 bridgehead atoms. The normalized spacial score (nSPS) is 10.9. The molecule has 10 heteroatoms. The maximum atomic E-state index is 13.9. The van der Waals surface area contributed by atoms with E-state index in [0.717, 1.165) is 22.6 Å². The van der Waals surface area contributed by atoms with E-state index in [4.69, 9.17) is 4.42 Å². The van der Waals surface area contributed by atoms with Gasteiger partial charge in [-0.25, -0.2) is 4.39 Å². The van der Waals surface area contributed by atoms with Crippen molar-refractivity contribution in [3.8, 4) is 23.1 Å². The third kappa shape index (κ3) is 4.22. The Morgan fingerprint density at radius 2 is 2.06 bits per heavy atom. The van der Waals surface area contributed by atoms with Gasteiger partial charge < -0.3 is 14.3 Å². The zero-order valence-corrected chi connectivity index (χ0v) is 20.0. The number of benzene rings is 1. The Morgan fingerprint density at radius 1 is 1.26 bits per heavy atom. The number of carbonyl (C=O) groups is 1. The molecule has 3 heterocycles. The van der Waals surface area contributed by atoms with Crippen molar-refractivity contribution in [3.63, 3.8) is 0 Å². The minimum absolute atomic E-state index is 0.0554. The minimum atomic E-state index is -0.405. The molecular formula is C24H23FN6O2S. The average molecular weight is 479 g/mol. The Kier molecular flexibility index (Phi) is 6.56. The first-order valence-electron chi connectivity index (χ1n) is 10.6. The predicted molar refractivity (Wildman–Crippen MR) is 127 cm³/mol. The number of rotatable bonds is 7. The number of furan rings is 1. The zero-order valence-electron chi connectivity index (χ0n) is 19.2. The first-order chi connectivity index (χ1) is 16.3. The van der Waals surface area contributed by atoms with Crippen molar-refractivity contribution >= 4 is 23.5 Å². The summed E-state index contributed by atoms with van der Waals surface area (Å²) in [5, 5.41) is 21.7. The van der Waals surface area contributed by atoms with Gasteiger partial charge in [-0.1, -0.05) is 17.8 Å². The number of hydrogen-bond acceptors (Lipinski definition) is 6. The maximum Gasteiger partial charge on any atom is 0.236 e. The van der Waals surface area contributed by atoms with Gasteiger partial charge in [-0.3, -0.25) is 9.36 Å². The Morgan fingerprint density at radius 3 is 2.71 bits per heavy atom. The average Bonchev–Trinajstić information content (AvgIpc) is 3.48. The number of nitriles is 1. The number of amides is 1. The fourth-order valence-corrected chi connectivity index (χ4v) is 4.60. The summed E-state index contributed by atoms with van der Waals surface area (Å²) < 4.78 is 22.9. The fourth-order valence-electron chi connectivity index (χ4n) is 3.79. The van der Waals surface area contributed by atoms with Crippen LogP contribution in [-0.2, 0) is 11.3 Å². The van der Waals surface area contributed by atoms with Gasteiger partial charge in [0, 0.05) is 12.2 Å². The van der Waals surface area contributed by atoms with Crippen molar-refractivity contribution in [2.45, 2.75) is 39.4 Å². The predicted octanol–water partition coefficient (Wildman–Crippen LogP) is 5.02. The fraction of sp³-hybridized carbons (Fsp3) is 0.250. The molecule has 0 aliphatic carbocycles. The van der Waals surface area contributed by atoms with Crippen LogP contribution in [0.15, 0.2) is 46.2 Å². The SMILES string of the molecule is CCn1c(SCC(=O)Nc2c(C#N)c(C)c(C)n2-c2cccc(F)c2)nnc1-c1ccoc1C. The molecule has 0 fully saturated rings. The summed E-state index contributed by atoms with van der Waals surface area (Å²) in [6.07, 6.45) is 1.60. The van der Waals surface area contributed by atoms with E-state index in [-0.39, 0.29) is 11.7 Å². The summed E-state index contributed by atoms with van der Waals surface area (Å²) in [5.41, 5.74) is 3.19. The molecule has 34 heavy (non-hydrogen) atoms. The van der Waals surface area contributed by atoms with Gasteiger partial charge in [0.25, 0.3) is 0 Å². The number of anilines is 1. The van der Waals surface area contributed by atoms with Crippen LogP contribution in [0.4, 0.5) is 10.2 Å².